The van der Waals surface area contributed by atoms with Crippen molar-refractivity contribution in [3.05, 3.63) is 78.1 Å². The molecule has 1 unspecified atom stereocenters. The average molecular weight is 387 g/mol. The maximum Gasteiger partial charge on any atom is 0.260 e. The van der Waals surface area contributed by atoms with Gasteiger partial charge < -0.3 is 15.0 Å². The molecule has 29 heavy (non-hydrogen) atoms. The van der Waals surface area contributed by atoms with E-state index >= 15 is 0 Å². The van der Waals surface area contributed by atoms with E-state index in [1.165, 1.54) is 5.56 Å². The molecule has 0 saturated heterocycles. The standard InChI is InChI=1S/C24H25N3O2/c1-16(2)29-23-11-7-5-9-21(23)26-20-13-19(14-25-15-20)24(28)27-17(3)12-18-8-4-6-10-22(18)27/h4-11,13-17,26H,12H2,1-3H3. The summed E-state index contributed by atoms with van der Waals surface area (Å²) in [5.74, 6) is 0.728. The topological polar surface area (TPSA) is 54.5 Å². The highest BCUT2D eigenvalue weighted by molar-refractivity contribution is 6.08. The Morgan fingerprint density at radius 3 is 2.72 bits per heavy atom. The van der Waals surface area contributed by atoms with Crippen LogP contribution in [-0.4, -0.2) is 23.0 Å². The van der Waals surface area contributed by atoms with Crippen LogP contribution in [0.4, 0.5) is 17.1 Å². The van der Waals surface area contributed by atoms with Gasteiger partial charge in [0.25, 0.3) is 5.91 Å². The smallest absolute Gasteiger partial charge is 0.260 e. The number of nitrogens with one attached hydrogen (secondary N) is 1. The number of aromatic nitrogens is 1. The number of fused-ring (bicyclic) bond motifs is 1. The molecule has 0 aliphatic carbocycles. The van der Waals surface area contributed by atoms with Crippen molar-refractivity contribution < 1.29 is 9.53 Å². The van der Waals surface area contributed by atoms with Gasteiger partial charge in [-0.3, -0.25) is 9.78 Å². The number of nitrogens with zero attached hydrogens (tertiary/aromatic N) is 2. The molecule has 0 spiro atoms. The monoisotopic (exact) mass is 387 g/mol. The first-order chi connectivity index (χ1) is 14.0. The van der Waals surface area contributed by atoms with Gasteiger partial charge in [0, 0.05) is 17.9 Å². The third kappa shape index (κ3) is 3.94. The van der Waals surface area contributed by atoms with Crippen molar-refractivity contribution in [2.75, 3.05) is 10.2 Å². The minimum atomic E-state index is -0.0367. The molecule has 4 rings (SSSR count). The second-order valence-corrected chi connectivity index (χ2v) is 7.61. The lowest BCUT2D eigenvalue weighted by Gasteiger charge is -2.23. The van der Waals surface area contributed by atoms with Crippen molar-refractivity contribution in [2.24, 2.45) is 0 Å². The first-order valence-corrected chi connectivity index (χ1v) is 9.92. The molecular weight excluding hydrogens is 362 g/mol. The van der Waals surface area contributed by atoms with Crippen molar-refractivity contribution in [3.63, 3.8) is 0 Å². The van der Waals surface area contributed by atoms with Crippen LogP contribution in [0.5, 0.6) is 5.75 Å². The summed E-state index contributed by atoms with van der Waals surface area (Å²) in [7, 11) is 0. The van der Waals surface area contributed by atoms with Crippen LogP contribution in [0.25, 0.3) is 0 Å². The lowest BCUT2D eigenvalue weighted by atomic mass is 10.1. The Morgan fingerprint density at radius 2 is 1.90 bits per heavy atom. The van der Waals surface area contributed by atoms with Crippen LogP contribution in [0.3, 0.4) is 0 Å². The molecule has 1 atom stereocenters. The quantitative estimate of drug-likeness (QED) is 0.653. The highest BCUT2D eigenvalue weighted by Gasteiger charge is 2.31. The van der Waals surface area contributed by atoms with Crippen molar-refractivity contribution in [3.8, 4) is 5.75 Å². The molecule has 0 saturated carbocycles. The zero-order chi connectivity index (χ0) is 20.4. The molecule has 1 aromatic heterocycles. The van der Waals surface area contributed by atoms with E-state index in [2.05, 4.69) is 23.3 Å². The second kappa shape index (κ2) is 7.95. The number of hydrogen-bond donors (Lipinski definition) is 1. The maximum absolute atomic E-state index is 13.3. The van der Waals surface area contributed by atoms with Crippen LogP contribution in [-0.2, 0) is 6.42 Å². The molecule has 0 radical (unpaired) electrons. The number of para-hydroxylation sites is 3. The van der Waals surface area contributed by atoms with Crippen LogP contribution >= 0.6 is 0 Å². The molecule has 5 nitrogen and oxygen atoms in total. The van der Waals surface area contributed by atoms with E-state index in [4.69, 9.17) is 4.74 Å². The van der Waals surface area contributed by atoms with Gasteiger partial charge in [-0.2, -0.15) is 0 Å². The van der Waals surface area contributed by atoms with E-state index in [0.717, 1.165) is 29.2 Å². The molecule has 2 aromatic carbocycles. The fourth-order valence-electron chi connectivity index (χ4n) is 3.72. The average Bonchev–Trinajstić information content (AvgIpc) is 3.04. The Balaban J connectivity index is 1.60. The second-order valence-electron chi connectivity index (χ2n) is 7.61. The highest BCUT2D eigenvalue weighted by atomic mass is 16.5. The summed E-state index contributed by atoms with van der Waals surface area (Å²) in [6.07, 6.45) is 4.27. The van der Waals surface area contributed by atoms with E-state index in [1.54, 1.807) is 12.4 Å². The molecule has 3 aromatic rings. The van der Waals surface area contributed by atoms with Crippen LogP contribution in [0.1, 0.15) is 36.7 Å². The third-order valence-corrected chi connectivity index (χ3v) is 4.94. The van der Waals surface area contributed by atoms with Gasteiger partial charge in [0.15, 0.2) is 0 Å². The van der Waals surface area contributed by atoms with Crippen LogP contribution < -0.4 is 15.0 Å². The maximum atomic E-state index is 13.3. The fourth-order valence-corrected chi connectivity index (χ4v) is 3.72. The number of rotatable bonds is 5. The van der Waals surface area contributed by atoms with Gasteiger partial charge in [-0.25, -0.2) is 0 Å². The largest absolute Gasteiger partial charge is 0.489 e. The van der Waals surface area contributed by atoms with E-state index in [-0.39, 0.29) is 18.1 Å². The molecule has 0 fully saturated rings. The number of hydrogen-bond acceptors (Lipinski definition) is 4. The number of ether oxygens (including phenoxy) is 1. The third-order valence-electron chi connectivity index (χ3n) is 4.94. The van der Waals surface area contributed by atoms with Crippen LogP contribution in [0, 0.1) is 0 Å². The van der Waals surface area contributed by atoms with Crippen LogP contribution in [0.2, 0.25) is 0 Å². The van der Waals surface area contributed by atoms with Gasteiger partial charge in [0.05, 0.1) is 29.2 Å². The minimum absolute atomic E-state index is 0.0367. The summed E-state index contributed by atoms with van der Waals surface area (Å²) in [5, 5.41) is 3.34. The summed E-state index contributed by atoms with van der Waals surface area (Å²) >= 11 is 0. The predicted molar refractivity (Wildman–Crippen MR) is 116 cm³/mol. The summed E-state index contributed by atoms with van der Waals surface area (Å²) in [6, 6.07) is 17.8. The van der Waals surface area contributed by atoms with Gasteiger partial charge in [-0.15, -0.1) is 0 Å². The van der Waals surface area contributed by atoms with E-state index in [0.29, 0.717) is 5.56 Å². The zero-order valence-corrected chi connectivity index (χ0v) is 16.9. The number of carbonyl (C=O) groups is 1. The normalized spacial score (nSPS) is 15.3. The SMILES string of the molecule is CC(C)Oc1ccccc1Nc1cncc(C(=O)N2c3ccccc3CC2C)c1. The van der Waals surface area contributed by atoms with Gasteiger partial charge in [0.1, 0.15) is 5.75 Å². The molecule has 2 heterocycles. The molecule has 1 aliphatic rings. The van der Waals surface area contributed by atoms with Crippen molar-refractivity contribution in [1.29, 1.82) is 0 Å². The van der Waals surface area contributed by atoms with E-state index in [1.807, 2.05) is 67.3 Å². The predicted octanol–water partition coefficient (Wildman–Crippen LogP) is 5.20. The zero-order valence-electron chi connectivity index (χ0n) is 16.9. The molecule has 1 N–H and O–H groups in total. The summed E-state index contributed by atoms with van der Waals surface area (Å²) in [4.78, 5) is 19.4. The number of anilines is 3. The Kier molecular flexibility index (Phi) is 5.21. The first-order valence-electron chi connectivity index (χ1n) is 9.92. The summed E-state index contributed by atoms with van der Waals surface area (Å²) < 4.78 is 5.87. The van der Waals surface area contributed by atoms with Crippen molar-refractivity contribution >= 4 is 23.0 Å². The molecule has 1 amide bonds. The van der Waals surface area contributed by atoms with Crippen molar-refractivity contribution in [1.82, 2.24) is 4.98 Å². The Bertz CT molecular complexity index is 1030. The van der Waals surface area contributed by atoms with E-state index in [9.17, 15) is 4.79 Å². The van der Waals surface area contributed by atoms with E-state index < -0.39 is 0 Å². The fraction of sp³-hybridized carbons (Fsp3) is 0.250. The number of carbonyl (C=O) groups excluding carboxylic acids is 1. The molecule has 5 heteroatoms. The lowest BCUT2D eigenvalue weighted by Crippen LogP contribution is -2.35. The van der Waals surface area contributed by atoms with Gasteiger partial charge in [-0.1, -0.05) is 30.3 Å². The molecule has 1 aliphatic heterocycles. The van der Waals surface area contributed by atoms with Gasteiger partial charge in [0.2, 0.25) is 0 Å². The minimum Gasteiger partial charge on any atom is -0.489 e. The van der Waals surface area contributed by atoms with Crippen molar-refractivity contribution in [2.45, 2.75) is 39.3 Å². The molecule has 0 bridgehead atoms. The van der Waals surface area contributed by atoms with Gasteiger partial charge in [-0.05, 0) is 57.0 Å². The molecular formula is C24H25N3O2. The lowest BCUT2D eigenvalue weighted by molar-refractivity contribution is 0.0981. The Morgan fingerprint density at radius 1 is 1.14 bits per heavy atom. The Labute approximate surface area is 171 Å². The summed E-state index contributed by atoms with van der Waals surface area (Å²) in [6.45, 7) is 6.06. The highest BCUT2D eigenvalue weighted by Crippen LogP contribution is 2.33. The number of amides is 1. The van der Waals surface area contributed by atoms with Gasteiger partial charge >= 0.3 is 0 Å². The summed E-state index contributed by atoms with van der Waals surface area (Å²) in [5.41, 5.74) is 4.33. The van der Waals surface area contributed by atoms with Crippen LogP contribution in [0.15, 0.2) is 67.0 Å². The number of benzene rings is 2. The Hall–Kier alpha value is -3.34. The first kappa shape index (κ1) is 19.0. The number of pyridine rings is 1. The molecule has 148 valence electrons.